The number of carbonyl (C=O) groups is 1. The quantitative estimate of drug-likeness (QED) is 0.502. The molecule has 2 aromatic rings. The van der Waals surface area contributed by atoms with Gasteiger partial charge in [-0.05, 0) is 24.5 Å². The summed E-state index contributed by atoms with van der Waals surface area (Å²) >= 11 is 0. The first-order valence-electron chi connectivity index (χ1n) is 8.45. The van der Waals surface area contributed by atoms with Gasteiger partial charge in [0.15, 0.2) is 0 Å². The topological polar surface area (TPSA) is 92.5 Å². The van der Waals surface area contributed by atoms with E-state index >= 15 is 0 Å². The standard InChI is InChI=1S/C20H22N2O4/c23-20(24)13-12-18(15-16-7-2-1-3-8-16)21-14-6-10-17-9-4-5-11-19(17)22(25)26/h1-11,18,21H,12-15H2,(H,23,24)/b10-6+. The normalized spacial score (nSPS) is 12.2. The molecule has 2 rings (SSSR count). The van der Waals surface area contributed by atoms with E-state index in [2.05, 4.69) is 5.32 Å². The van der Waals surface area contributed by atoms with Gasteiger partial charge in [0.1, 0.15) is 0 Å². The molecule has 0 bridgehead atoms. The van der Waals surface area contributed by atoms with Crippen LogP contribution in [0.3, 0.4) is 0 Å². The van der Waals surface area contributed by atoms with Crippen LogP contribution in [-0.2, 0) is 11.2 Å². The minimum Gasteiger partial charge on any atom is -0.481 e. The van der Waals surface area contributed by atoms with Crippen LogP contribution in [0.25, 0.3) is 6.08 Å². The van der Waals surface area contributed by atoms with Crippen molar-refractivity contribution in [3.63, 3.8) is 0 Å². The molecule has 1 atom stereocenters. The first kappa shape index (κ1) is 19.3. The second-order valence-electron chi connectivity index (χ2n) is 5.95. The number of carboxylic acids is 1. The van der Waals surface area contributed by atoms with Gasteiger partial charge in [-0.2, -0.15) is 0 Å². The highest BCUT2D eigenvalue weighted by atomic mass is 16.6. The average Bonchev–Trinajstić information content (AvgIpc) is 2.64. The molecule has 0 heterocycles. The van der Waals surface area contributed by atoms with Crippen molar-refractivity contribution >= 4 is 17.7 Å². The Bertz CT molecular complexity index is 759. The number of nitrogens with one attached hydrogen (secondary N) is 1. The Morgan fingerprint density at radius 3 is 2.54 bits per heavy atom. The lowest BCUT2D eigenvalue weighted by molar-refractivity contribution is -0.385. The zero-order valence-electron chi connectivity index (χ0n) is 14.4. The molecule has 0 saturated carbocycles. The highest BCUT2D eigenvalue weighted by Gasteiger charge is 2.11. The van der Waals surface area contributed by atoms with E-state index in [0.29, 0.717) is 18.5 Å². The third kappa shape index (κ3) is 6.49. The number of nitro groups is 1. The fraction of sp³-hybridized carbons (Fsp3) is 0.250. The molecule has 2 aromatic carbocycles. The largest absolute Gasteiger partial charge is 0.481 e. The number of nitrogens with zero attached hydrogens (tertiary/aromatic N) is 1. The first-order valence-corrected chi connectivity index (χ1v) is 8.45. The van der Waals surface area contributed by atoms with E-state index in [9.17, 15) is 14.9 Å². The molecule has 2 N–H and O–H groups in total. The van der Waals surface area contributed by atoms with Crippen molar-refractivity contribution in [2.75, 3.05) is 6.54 Å². The maximum Gasteiger partial charge on any atom is 0.303 e. The molecule has 0 amide bonds. The number of hydrogen-bond donors (Lipinski definition) is 2. The summed E-state index contributed by atoms with van der Waals surface area (Å²) in [4.78, 5) is 21.5. The number of benzene rings is 2. The van der Waals surface area contributed by atoms with Gasteiger partial charge >= 0.3 is 5.97 Å². The van der Waals surface area contributed by atoms with Gasteiger partial charge in [0.05, 0.1) is 10.5 Å². The van der Waals surface area contributed by atoms with Crippen LogP contribution in [0.15, 0.2) is 60.7 Å². The summed E-state index contributed by atoms with van der Waals surface area (Å²) in [6, 6.07) is 16.5. The van der Waals surface area contributed by atoms with Gasteiger partial charge in [0, 0.05) is 25.1 Å². The van der Waals surface area contributed by atoms with E-state index in [1.165, 1.54) is 6.07 Å². The Kier molecular flexibility index (Phi) is 7.51. The van der Waals surface area contributed by atoms with E-state index in [0.717, 1.165) is 12.0 Å². The van der Waals surface area contributed by atoms with Gasteiger partial charge in [0.25, 0.3) is 5.69 Å². The third-order valence-corrected chi connectivity index (χ3v) is 3.99. The number of para-hydroxylation sites is 1. The average molecular weight is 354 g/mol. The SMILES string of the molecule is O=C(O)CCC(Cc1ccccc1)NC/C=C/c1ccccc1[N+](=O)[O-]. The predicted molar refractivity (Wildman–Crippen MR) is 101 cm³/mol. The maximum atomic E-state index is 11.0. The fourth-order valence-electron chi connectivity index (χ4n) is 2.69. The molecule has 136 valence electrons. The van der Waals surface area contributed by atoms with Crippen LogP contribution in [0.4, 0.5) is 5.69 Å². The van der Waals surface area contributed by atoms with Crippen LogP contribution in [0, 0.1) is 10.1 Å². The van der Waals surface area contributed by atoms with Crippen LogP contribution in [0.2, 0.25) is 0 Å². The molecule has 0 aliphatic rings. The van der Waals surface area contributed by atoms with Gasteiger partial charge in [-0.1, -0.05) is 54.6 Å². The minimum absolute atomic E-state index is 0.0175. The smallest absolute Gasteiger partial charge is 0.303 e. The lowest BCUT2D eigenvalue weighted by Gasteiger charge is -2.17. The van der Waals surface area contributed by atoms with E-state index in [1.54, 1.807) is 24.3 Å². The molecule has 0 saturated heterocycles. The van der Waals surface area contributed by atoms with Crippen molar-refractivity contribution in [3.05, 3.63) is 81.9 Å². The van der Waals surface area contributed by atoms with Crippen molar-refractivity contribution in [2.45, 2.75) is 25.3 Å². The first-order chi connectivity index (χ1) is 12.6. The van der Waals surface area contributed by atoms with Gasteiger partial charge < -0.3 is 10.4 Å². The molecule has 6 heteroatoms. The second-order valence-corrected chi connectivity index (χ2v) is 5.95. The highest BCUT2D eigenvalue weighted by molar-refractivity contribution is 5.66. The Hall–Kier alpha value is -2.99. The van der Waals surface area contributed by atoms with Crippen molar-refractivity contribution in [1.82, 2.24) is 5.32 Å². The van der Waals surface area contributed by atoms with E-state index in [1.807, 2.05) is 36.4 Å². The highest BCUT2D eigenvalue weighted by Crippen LogP contribution is 2.18. The summed E-state index contributed by atoms with van der Waals surface area (Å²) in [5, 5.41) is 23.3. The summed E-state index contributed by atoms with van der Waals surface area (Å²) in [6.45, 7) is 0.503. The van der Waals surface area contributed by atoms with Crippen LogP contribution in [0.5, 0.6) is 0 Å². The summed E-state index contributed by atoms with van der Waals surface area (Å²) in [6.07, 6.45) is 4.87. The molecule has 0 spiro atoms. The maximum absolute atomic E-state index is 11.0. The molecule has 1 unspecified atom stereocenters. The summed E-state index contributed by atoms with van der Waals surface area (Å²) in [5.41, 5.74) is 1.75. The number of hydrogen-bond acceptors (Lipinski definition) is 4. The molecule has 6 nitrogen and oxygen atoms in total. The second kappa shape index (κ2) is 10.1. The van der Waals surface area contributed by atoms with E-state index < -0.39 is 10.9 Å². The molecular weight excluding hydrogens is 332 g/mol. The summed E-state index contributed by atoms with van der Waals surface area (Å²) < 4.78 is 0. The molecule has 0 aliphatic carbocycles. The molecule has 0 radical (unpaired) electrons. The summed E-state index contributed by atoms with van der Waals surface area (Å²) in [7, 11) is 0. The lowest BCUT2D eigenvalue weighted by atomic mass is 10.0. The minimum atomic E-state index is -0.819. The zero-order chi connectivity index (χ0) is 18.8. The summed E-state index contributed by atoms with van der Waals surface area (Å²) in [5.74, 6) is -0.819. The van der Waals surface area contributed by atoms with Crippen LogP contribution >= 0.6 is 0 Å². The van der Waals surface area contributed by atoms with Crippen LogP contribution in [-0.4, -0.2) is 28.6 Å². The van der Waals surface area contributed by atoms with Crippen molar-refractivity contribution < 1.29 is 14.8 Å². The Morgan fingerprint density at radius 1 is 1.15 bits per heavy atom. The van der Waals surface area contributed by atoms with Gasteiger partial charge in [0.2, 0.25) is 0 Å². The number of nitro benzene ring substituents is 1. The van der Waals surface area contributed by atoms with E-state index in [-0.39, 0.29) is 18.2 Å². The van der Waals surface area contributed by atoms with Crippen molar-refractivity contribution in [1.29, 1.82) is 0 Å². The Balaban J connectivity index is 1.95. The van der Waals surface area contributed by atoms with Crippen molar-refractivity contribution in [2.24, 2.45) is 0 Å². The number of carboxylic acid groups (broad SMARTS) is 1. The van der Waals surface area contributed by atoms with Crippen LogP contribution in [0.1, 0.15) is 24.0 Å². The molecule has 0 fully saturated rings. The fourth-order valence-corrected chi connectivity index (χ4v) is 2.69. The Morgan fingerprint density at radius 2 is 1.85 bits per heavy atom. The zero-order valence-corrected chi connectivity index (χ0v) is 14.4. The molecular formula is C20H22N2O4. The van der Waals surface area contributed by atoms with Gasteiger partial charge in [-0.3, -0.25) is 14.9 Å². The number of aliphatic carboxylic acids is 1. The monoisotopic (exact) mass is 354 g/mol. The van der Waals surface area contributed by atoms with Gasteiger partial charge in [-0.25, -0.2) is 0 Å². The molecule has 0 aliphatic heterocycles. The van der Waals surface area contributed by atoms with Crippen molar-refractivity contribution in [3.8, 4) is 0 Å². The molecule has 0 aromatic heterocycles. The lowest BCUT2D eigenvalue weighted by Crippen LogP contribution is -2.32. The third-order valence-electron chi connectivity index (χ3n) is 3.99. The van der Waals surface area contributed by atoms with E-state index in [4.69, 9.17) is 5.11 Å². The van der Waals surface area contributed by atoms with Gasteiger partial charge in [-0.15, -0.1) is 0 Å². The molecule has 26 heavy (non-hydrogen) atoms. The Labute approximate surface area is 152 Å². The number of rotatable bonds is 10. The predicted octanol–water partition coefficient (Wildman–Crippen LogP) is 3.67. The van der Waals surface area contributed by atoms with Crippen LogP contribution < -0.4 is 5.32 Å².